The molecule has 0 unspecified atom stereocenters. The monoisotopic (exact) mass is 213 g/mol. The lowest BCUT2D eigenvalue weighted by Gasteiger charge is -2.07. The zero-order valence-electron chi connectivity index (χ0n) is 10.8. The predicted octanol–water partition coefficient (Wildman–Crippen LogP) is 3.37. The number of carbonyl (C=O) groups is 1. The second kappa shape index (κ2) is 8.75. The minimum atomic E-state index is 0.216. The van der Waals surface area contributed by atoms with Crippen molar-refractivity contribution in [2.45, 2.75) is 59.8 Å². The number of rotatable bonds is 8. The summed E-state index contributed by atoms with van der Waals surface area (Å²) in [4.78, 5) is 11.3. The third kappa shape index (κ3) is 11.4. The van der Waals surface area contributed by atoms with Crippen LogP contribution in [0.1, 0.15) is 59.8 Å². The van der Waals surface area contributed by atoms with Crippen molar-refractivity contribution in [2.24, 2.45) is 11.8 Å². The van der Waals surface area contributed by atoms with Gasteiger partial charge in [-0.15, -0.1) is 0 Å². The predicted molar refractivity (Wildman–Crippen MR) is 65.8 cm³/mol. The Morgan fingerprint density at radius 3 is 2.13 bits per heavy atom. The molecule has 0 aliphatic heterocycles. The molecule has 0 rings (SSSR count). The zero-order valence-corrected chi connectivity index (χ0v) is 10.8. The van der Waals surface area contributed by atoms with Crippen LogP contribution in [0.15, 0.2) is 0 Å². The molecule has 1 amide bonds. The number of hydrogen-bond acceptors (Lipinski definition) is 1. The maximum Gasteiger partial charge on any atom is 0.220 e. The molecule has 0 aliphatic carbocycles. The lowest BCUT2D eigenvalue weighted by molar-refractivity contribution is -0.121. The van der Waals surface area contributed by atoms with E-state index in [2.05, 4.69) is 33.0 Å². The van der Waals surface area contributed by atoms with Crippen LogP contribution in [-0.4, -0.2) is 12.5 Å². The van der Waals surface area contributed by atoms with Gasteiger partial charge in [0.05, 0.1) is 0 Å². The number of nitrogens with one attached hydrogen (secondary N) is 1. The molecule has 0 saturated carbocycles. The molecule has 0 aromatic carbocycles. The molecular weight excluding hydrogens is 186 g/mol. The van der Waals surface area contributed by atoms with Gasteiger partial charge in [0.15, 0.2) is 0 Å². The molecule has 2 nitrogen and oxygen atoms in total. The molecule has 0 heterocycles. The van der Waals surface area contributed by atoms with Gasteiger partial charge in [0, 0.05) is 13.0 Å². The van der Waals surface area contributed by atoms with E-state index in [1.807, 2.05) is 0 Å². The standard InChI is InChI=1S/C13H27NO/c1-11(2)7-5-6-10-14-13(15)9-8-12(3)4/h11-12H,5-10H2,1-4H3,(H,14,15). The average Bonchev–Trinajstić information content (AvgIpc) is 2.13. The normalized spacial score (nSPS) is 11.1. The van der Waals surface area contributed by atoms with E-state index in [-0.39, 0.29) is 5.91 Å². The summed E-state index contributed by atoms with van der Waals surface area (Å²) in [6.45, 7) is 9.62. The van der Waals surface area contributed by atoms with Crippen LogP contribution < -0.4 is 5.32 Å². The highest BCUT2D eigenvalue weighted by molar-refractivity contribution is 5.75. The van der Waals surface area contributed by atoms with Crippen LogP contribution in [0, 0.1) is 11.8 Å². The molecule has 0 atom stereocenters. The zero-order chi connectivity index (χ0) is 11.7. The topological polar surface area (TPSA) is 29.1 Å². The fourth-order valence-electron chi connectivity index (χ4n) is 1.41. The molecule has 0 aliphatic rings. The Morgan fingerprint density at radius 1 is 1.00 bits per heavy atom. The summed E-state index contributed by atoms with van der Waals surface area (Å²) in [7, 11) is 0. The third-order valence-corrected chi connectivity index (χ3v) is 2.48. The van der Waals surface area contributed by atoms with Gasteiger partial charge in [0.1, 0.15) is 0 Å². The van der Waals surface area contributed by atoms with E-state index in [9.17, 15) is 4.79 Å². The SMILES string of the molecule is CC(C)CCCCNC(=O)CCC(C)C. The van der Waals surface area contributed by atoms with Crippen LogP contribution >= 0.6 is 0 Å². The van der Waals surface area contributed by atoms with Gasteiger partial charge in [-0.1, -0.05) is 40.5 Å². The maximum absolute atomic E-state index is 11.3. The molecule has 15 heavy (non-hydrogen) atoms. The Hall–Kier alpha value is -0.530. The molecule has 0 bridgehead atoms. The van der Waals surface area contributed by atoms with Crippen molar-refractivity contribution in [1.82, 2.24) is 5.32 Å². The van der Waals surface area contributed by atoms with E-state index in [1.165, 1.54) is 12.8 Å². The molecule has 2 heteroatoms. The second-order valence-corrected chi connectivity index (χ2v) is 5.17. The first-order valence-corrected chi connectivity index (χ1v) is 6.29. The molecule has 90 valence electrons. The van der Waals surface area contributed by atoms with Gasteiger partial charge < -0.3 is 5.32 Å². The molecule has 0 fully saturated rings. The van der Waals surface area contributed by atoms with Crippen LogP contribution in [0.4, 0.5) is 0 Å². The van der Waals surface area contributed by atoms with Crippen LogP contribution in [0.25, 0.3) is 0 Å². The van der Waals surface area contributed by atoms with Crippen molar-refractivity contribution in [1.29, 1.82) is 0 Å². The Bertz CT molecular complexity index is 164. The van der Waals surface area contributed by atoms with Crippen molar-refractivity contribution in [3.63, 3.8) is 0 Å². The summed E-state index contributed by atoms with van der Waals surface area (Å²) in [6.07, 6.45) is 5.29. The summed E-state index contributed by atoms with van der Waals surface area (Å²) in [6, 6.07) is 0. The van der Waals surface area contributed by atoms with Crippen LogP contribution in [0.3, 0.4) is 0 Å². The van der Waals surface area contributed by atoms with Gasteiger partial charge in [-0.25, -0.2) is 0 Å². The summed E-state index contributed by atoms with van der Waals surface area (Å²) < 4.78 is 0. The molecular formula is C13H27NO. The van der Waals surface area contributed by atoms with Crippen molar-refractivity contribution < 1.29 is 4.79 Å². The number of amides is 1. The average molecular weight is 213 g/mol. The first-order chi connectivity index (χ1) is 7.02. The Morgan fingerprint density at radius 2 is 1.60 bits per heavy atom. The minimum absolute atomic E-state index is 0.216. The molecule has 0 aromatic heterocycles. The van der Waals surface area contributed by atoms with E-state index >= 15 is 0 Å². The van der Waals surface area contributed by atoms with Crippen molar-refractivity contribution >= 4 is 5.91 Å². The van der Waals surface area contributed by atoms with Crippen molar-refractivity contribution in [2.75, 3.05) is 6.54 Å². The van der Waals surface area contributed by atoms with Gasteiger partial charge in [-0.05, 0) is 24.7 Å². The maximum atomic E-state index is 11.3. The van der Waals surface area contributed by atoms with Gasteiger partial charge in [-0.3, -0.25) is 4.79 Å². The summed E-state index contributed by atoms with van der Waals surface area (Å²) in [5, 5.41) is 2.97. The number of hydrogen-bond donors (Lipinski definition) is 1. The van der Waals surface area contributed by atoms with Crippen molar-refractivity contribution in [3.05, 3.63) is 0 Å². The lowest BCUT2D eigenvalue weighted by atomic mass is 10.1. The summed E-state index contributed by atoms with van der Waals surface area (Å²) in [5.41, 5.74) is 0. The van der Waals surface area contributed by atoms with Gasteiger partial charge in [-0.2, -0.15) is 0 Å². The fraction of sp³-hybridized carbons (Fsp3) is 0.923. The van der Waals surface area contributed by atoms with E-state index < -0.39 is 0 Å². The Labute approximate surface area is 94.8 Å². The quantitative estimate of drug-likeness (QED) is 0.615. The summed E-state index contributed by atoms with van der Waals surface area (Å²) >= 11 is 0. The van der Waals surface area contributed by atoms with Crippen molar-refractivity contribution in [3.8, 4) is 0 Å². The lowest BCUT2D eigenvalue weighted by Crippen LogP contribution is -2.24. The molecule has 0 saturated heterocycles. The first kappa shape index (κ1) is 14.5. The number of carbonyl (C=O) groups excluding carboxylic acids is 1. The van der Waals surface area contributed by atoms with E-state index in [0.717, 1.165) is 25.3 Å². The number of unbranched alkanes of at least 4 members (excludes halogenated alkanes) is 1. The van der Waals surface area contributed by atoms with Crippen LogP contribution in [-0.2, 0) is 4.79 Å². The minimum Gasteiger partial charge on any atom is -0.356 e. The molecule has 0 aromatic rings. The van der Waals surface area contributed by atoms with E-state index in [4.69, 9.17) is 0 Å². The Balaban J connectivity index is 3.24. The van der Waals surface area contributed by atoms with Gasteiger partial charge in [0.2, 0.25) is 5.91 Å². The summed E-state index contributed by atoms with van der Waals surface area (Å²) in [5.74, 6) is 1.62. The van der Waals surface area contributed by atoms with Crippen LogP contribution in [0.2, 0.25) is 0 Å². The second-order valence-electron chi connectivity index (χ2n) is 5.17. The Kier molecular flexibility index (Phi) is 8.44. The first-order valence-electron chi connectivity index (χ1n) is 6.29. The fourth-order valence-corrected chi connectivity index (χ4v) is 1.41. The molecule has 0 spiro atoms. The smallest absolute Gasteiger partial charge is 0.220 e. The van der Waals surface area contributed by atoms with Gasteiger partial charge in [0.25, 0.3) is 0 Å². The highest BCUT2D eigenvalue weighted by Gasteiger charge is 2.02. The molecule has 0 radical (unpaired) electrons. The van der Waals surface area contributed by atoms with Gasteiger partial charge >= 0.3 is 0 Å². The largest absolute Gasteiger partial charge is 0.356 e. The van der Waals surface area contributed by atoms with E-state index in [1.54, 1.807) is 0 Å². The van der Waals surface area contributed by atoms with Crippen LogP contribution in [0.5, 0.6) is 0 Å². The van der Waals surface area contributed by atoms with E-state index in [0.29, 0.717) is 12.3 Å². The highest BCUT2D eigenvalue weighted by atomic mass is 16.1. The third-order valence-electron chi connectivity index (χ3n) is 2.48. The molecule has 1 N–H and O–H groups in total. The highest BCUT2D eigenvalue weighted by Crippen LogP contribution is 2.05.